The van der Waals surface area contributed by atoms with Crippen LogP contribution < -0.4 is 39.1 Å². The molecule has 0 amide bonds. The summed E-state index contributed by atoms with van der Waals surface area (Å²) < 4.78 is 51.5. The van der Waals surface area contributed by atoms with Gasteiger partial charge in [-0.2, -0.15) is 0 Å². The van der Waals surface area contributed by atoms with Gasteiger partial charge in [0.25, 0.3) is 0 Å². The van der Waals surface area contributed by atoms with Crippen molar-refractivity contribution in [2.75, 3.05) is 66.3 Å². The molecule has 9 rings (SSSR count). The van der Waals surface area contributed by atoms with Crippen molar-refractivity contribution >= 4 is 53.5 Å². The zero-order chi connectivity index (χ0) is 39.8. The Hall–Kier alpha value is -4.98. The average Bonchev–Trinajstić information content (AvgIpc) is 3.21. The van der Waals surface area contributed by atoms with Crippen LogP contribution in [0.5, 0.6) is 46.0 Å². The summed E-state index contributed by atoms with van der Waals surface area (Å²) in [7, 11) is 10.9. The molecule has 10 nitrogen and oxygen atoms in total. The third kappa shape index (κ3) is 8.83. The first kappa shape index (κ1) is 43.6. The van der Waals surface area contributed by atoms with Gasteiger partial charge in [-0.05, 0) is 140 Å². The van der Waals surface area contributed by atoms with Crippen LogP contribution in [0, 0.1) is 5.82 Å². The summed E-state index contributed by atoms with van der Waals surface area (Å²) in [6, 6.07) is 24.5. The second-order valence-electron chi connectivity index (χ2n) is 14.7. The van der Waals surface area contributed by atoms with Gasteiger partial charge in [-0.1, -0.05) is 12.1 Å². The lowest BCUT2D eigenvalue weighted by atomic mass is 9.86. The molecule has 14 heteroatoms. The highest BCUT2D eigenvalue weighted by molar-refractivity contribution is 7.80. The second-order valence-corrected chi connectivity index (χ2v) is 15.1. The monoisotopic (exact) mass is 862 g/mol. The maximum Gasteiger partial charge on any atom is 0.204 e. The Bertz CT molecular complexity index is 2320. The number of nitrogens with zero attached hydrogens (tertiary/aromatic N) is 2. The zero-order valence-electron chi connectivity index (χ0n) is 33.8. The highest BCUT2D eigenvalue weighted by Gasteiger charge is 2.35. The number of fused-ring (bicyclic) bond motifs is 2. The Morgan fingerprint density at radius 1 is 0.678 bits per heavy atom. The smallest absolute Gasteiger partial charge is 0.204 e. The standard InChI is InChI=1S/C45H47FN4O6S.2ClH/c1-49-17-15-27-21-37(51-3)40-24-33(27)35(49)19-26-7-13-32(14-8-26)55-39-23-29(34(25-38(39)52-4)48-45(57)47-31-11-9-30(46)10-12-31)20-36-42-28(16-18-50(36)2)22-41(53-5)43(54-6)44(42)56-40;;/h7-14,21-25,35-36H,15-20H2,1-6H3,(H2,47,48,57);2*1H/t35-,36-;;/m0../s1. The molecule has 2 atom stereocenters. The number of ether oxygens (including phenoxy) is 6. The SMILES string of the molecule is COc1cc(NC(=S)Nc2ccc(F)cc2)c2cc1Oc1ccc(cc1)C[C@H]1c3cc(c(OC)cc3CCN1C)Oc1c(OC)c(OC)cc3c1[C@H](C2)N(C)CC3.Cl.Cl. The fraction of sp³-hybridized carbons (Fsp3) is 0.311. The maximum atomic E-state index is 13.7. The second kappa shape index (κ2) is 18.5. The molecule has 4 aliphatic heterocycles. The Morgan fingerprint density at radius 2 is 1.31 bits per heavy atom. The van der Waals surface area contributed by atoms with E-state index in [0.29, 0.717) is 63.2 Å². The average molecular weight is 864 g/mol. The first-order valence-corrected chi connectivity index (χ1v) is 19.4. The minimum Gasteiger partial charge on any atom is -0.493 e. The van der Waals surface area contributed by atoms with Gasteiger partial charge in [0.05, 0.1) is 28.4 Å². The fourth-order valence-electron chi connectivity index (χ4n) is 8.28. The fourth-order valence-corrected chi connectivity index (χ4v) is 8.50. The maximum absolute atomic E-state index is 13.7. The molecule has 0 aliphatic carbocycles. The Morgan fingerprint density at radius 3 is 1.98 bits per heavy atom. The molecule has 0 radical (unpaired) electrons. The number of benzene rings is 5. The molecule has 0 spiro atoms. The number of rotatable bonds is 6. The molecule has 2 N–H and O–H groups in total. The molecule has 4 heterocycles. The molecule has 5 aromatic rings. The molecule has 0 saturated carbocycles. The molecule has 5 aromatic carbocycles. The van der Waals surface area contributed by atoms with Gasteiger partial charge in [-0.15, -0.1) is 24.8 Å². The molecule has 0 saturated heterocycles. The lowest BCUT2D eigenvalue weighted by Crippen LogP contribution is -2.34. The molecule has 0 aromatic heterocycles. The summed E-state index contributed by atoms with van der Waals surface area (Å²) in [6.07, 6.45) is 2.98. The van der Waals surface area contributed by atoms with Gasteiger partial charge in [-0.25, -0.2) is 4.39 Å². The van der Waals surface area contributed by atoms with Gasteiger partial charge in [0, 0.05) is 48.2 Å². The summed E-state index contributed by atoms with van der Waals surface area (Å²) in [4.78, 5) is 4.74. The van der Waals surface area contributed by atoms with E-state index < -0.39 is 0 Å². The highest BCUT2D eigenvalue weighted by Crippen LogP contribution is 2.52. The van der Waals surface area contributed by atoms with Crippen molar-refractivity contribution in [3.8, 4) is 46.0 Å². The van der Waals surface area contributed by atoms with Crippen molar-refractivity contribution in [2.24, 2.45) is 0 Å². The third-order valence-corrected chi connectivity index (χ3v) is 11.5. The van der Waals surface area contributed by atoms with Crippen LogP contribution in [0.3, 0.4) is 0 Å². The summed E-state index contributed by atoms with van der Waals surface area (Å²) in [6.45, 7) is 1.72. The first-order chi connectivity index (χ1) is 27.7. The Kier molecular flexibility index (Phi) is 13.7. The van der Waals surface area contributed by atoms with Gasteiger partial charge in [0.15, 0.2) is 39.6 Å². The van der Waals surface area contributed by atoms with Gasteiger partial charge < -0.3 is 39.1 Å². The summed E-state index contributed by atoms with van der Waals surface area (Å²) >= 11 is 5.80. The Balaban J connectivity index is 0.00000293. The van der Waals surface area contributed by atoms with Gasteiger partial charge in [0.1, 0.15) is 11.6 Å². The topological polar surface area (TPSA) is 85.9 Å². The molecular weight excluding hydrogens is 814 g/mol. The first-order valence-electron chi connectivity index (χ1n) is 19.0. The van der Waals surface area contributed by atoms with Crippen LogP contribution in [0.4, 0.5) is 15.8 Å². The predicted octanol–water partition coefficient (Wildman–Crippen LogP) is 9.95. The number of halogens is 3. The number of thiocarbonyl (C=S) groups is 1. The minimum absolute atomic E-state index is 0. The van der Waals surface area contributed by atoms with Crippen LogP contribution in [0.15, 0.2) is 78.9 Å². The molecule has 4 aliphatic rings. The number of methoxy groups -OCH3 is 4. The van der Waals surface area contributed by atoms with Crippen molar-refractivity contribution in [3.63, 3.8) is 0 Å². The van der Waals surface area contributed by atoms with E-state index >= 15 is 0 Å². The number of likely N-dealkylation sites (N-methyl/N-ethyl adjacent to an activating group) is 2. The Labute approximate surface area is 362 Å². The van der Waals surface area contributed by atoms with Crippen LogP contribution in [-0.2, 0) is 25.7 Å². The van der Waals surface area contributed by atoms with Crippen molar-refractivity contribution in [1.82, 2.24) is 9.80 Å². The van der Waals surface area contributed by atoms with Crippen molar-refractivity contribution in [1.29, 1.82) is 0 Å². The lowest BCUT2D eigenvalue weighted by Gasteiger charge is -2.37. The van der Waals surface area contributed by atoms with Gasteiger partial charge >= 0.3 is 0 Å². The van der Waals surface area contributed by atoms with Crippen molar-refractivity contribution in [3.05, 3.63) is 118 Å². The van der Waals surface area contributed by atoms with E-state index in [-0.39, 0.29) is 42.7 Å². The van der Waals surface area contributed by atoms with E-state index in [1.54, 1.807) is 40.6 Å². The van der Waals surface area contributed by atoms with Crippen LogP contribution in [0.2, 0.25) is 0 Å². The van der Waals surface area contributed by atoms with Crippen molar-refractivity contribution in [2.45, 2.75) is 37.8 Å². The molecular formula is C45H49Cl2FN4O6S. The third-order valence-electron chi connectivity index (χ3n) is 11.3. The highest BCUT2D eigenvalue weighted by atomic mass is 35.5. The minimum atomic E-state index is -0.329. The quantitative estimate of drug-likeness (QED) is 0.160. The lowest BCUT2D eigenvalue weighted by molar-refractivity contribution is 0.220. The molecule has 0 unspecified atom stereocenters. The molecule has 6 bridgehead atoms. The van der Waals surface area contributed by atoms with E-state index in [0.717, 1.165) is 54.7 Å². The van der Waals surface area contributed by atoms with E-state index in [2.05, 4.69) is 64.9 Å². The number of hydrogen-bond acceptors (Lipinski definition) is 9. The number of nitrogens with one attached hydrogen (secondary N) is 2. The summed E-state index contributed by atoms with van der Waals surface area (Å²) in [5.74, 6) is 4.37. The molecule has 0 fully saturated rings. The zero-order valence-corrected chi connectivity index (χ0v) is 36.3. The largest absolute Gasteiger partial charge is 0.493 e. The normalized spacial score (nSPS) is 16.9. The van der Waals surface area contributed by atoms with E-state index in [1.165, 1.54) is 28.8 Å². The van der Waals surface area contributed by atoms with Crippen LogP contribution in [0.1, 0.15) is 45.5 Å². The predicted molar refractivity (Wildman–Crippen MR) is 238 cm³/mol. The molecule has 59 heavy (non-hydrogen) atoms. The molecule has 312 valence electrons. The van der Waals surface area contributed by atoms with Crippen LogP contribution in [-0.4, -0.2) is 70.5 Å². The number of anilines is 2. The van der Waals surface area contributed by atoms with Crippen LogP contribution >= 0.6 is 37.0 Å². The number of hydrogen-bond donors (Lipinski definition) is 2. The van der Waals surface area contributed by atoms with E-state index in [1.807, 2.05) is 24.3 Å². The van der Waals surface area contributed by atoms with Gasteiger partial charge in [-0.3, -0.25) is 9.80 Å². The summed E-state index contributed by atoms with van der Waals surface area (Å²) in [5.41, 5.74) is 7.99. The van der Waals surface area contributed by atoms with Crippen LogP contribution in [0.25, 0.3) is 0 Å². The van der Waals surface area contributed by atoms with Crippen molar-refractivity contribution < 1.29 is 32.8 Å². The van der Waals surface area contributed by atoms with Gasteiger partial charge in [0.2, 0.25) is 5.75 Å². The summed E-state index contributed by atoms with van der Waals surface area (Å²) in [5, 5.41) is 6.91. The van der Waals surface area contributed by atoms with E-state index in [4.69, 9.17) is 40.6 Å². The van der Waals surface area contributed by atoms with E-state index in [9.17, 15) is 4.39 Å².